The van der Waals surface area contributed by atoms with Crippen molar-refractivity contribution in [2.45, 2.75) is 50.0 Å². The minimum absolute atomic E-state index is 0.0390. The highest BCUT2D eigenvalue weighted by molar-refractivity contribution is 7.89. The molecule has 3 aliphatic heterocycles. The van der Waals surface area contributed by atoms with Crippen molar-refractivity contribution in [3.8, 4) is 0 Å². The molecule has 146 valence electrons. The topological polar surface area (TPSA) is 78.0 Å². The Morgan fingerprint density at radius 2 is 1.63 bits per heavy atom. The van der Waals surface area contributed by atoms with Crippen LogP contribution in [-0.2, 0) is 26.0 Å². The van der Waals surface area contributed by atoms with Crippen LogP contribution >= 0.6 is 0 Å². The quantitative estimate of drug-likeness (QED) is 0.780. The van der Waals surface area contributed by atoms with E-state index in [4.69, 9.17) is 0 Å². The number of sulfonamides is 1. The van der Waals surface area contributed by atoms with E-state index in [-0.39, 0.29) is 16.7 Å². The number of likely N-dealkylation sites (tertiary alicyclic amines) is 1. The third kappa shape index (κ3) is 3.14. The van der Waals surface area contributed by atoms with E-state index in [1.165, 1.54) is 16.1 Å². The number of fused-ring (bicyclic) bond motifs is 1. The van der Waals surface area contributed by atoms with Crippen molar-refractivity contribution < 1.29 is 18.0 Å². The number of amides is 2. The summed E-state index contributed by atoms with van der Waals surface area (Å²) < 4.78 is 27.2. The van der Waals surface area contributed by atoms with Crippen molar-refractivity contribution in [1.29, 1.82) is 0 Å². The van der Waals surface area contributed by atoms with Gasteiger partial charge in [0, 0.05) is 45.2 Å². The maximum Gasteiger partial charge on any atom is 0.246 e. The van der Waals surface area contributed by atoms with Crippen LogP contribution in [0.2, 0.25) is 0 Å². The molecule has 0 aliphatic carbocycles. The zero-order valence-electron chi connectivity index (χ0n) is 15.6. The van der Waals surface area contributed by atoms with E-state index in [9.17, 15) is 18.0 Å². The van der Waals surface area contributed by atoms with Crippen LogP contribution < -0.4 is 4.90 Å². The van der Waals surface area contributed by atoms with Gasteiger partial charge in [-0.15, -0.1) is 0 Å². The predicted molar refractivity (Wildman–Crippen MR) is 101 cm³/mol. The monoisotopic (exact) mass is 391 g/mol. The molecule has 0 spiro atoms. The molecule has 0 bridgehead atoms. The molecule has 0 N–H and O–H groups in total. The fourth-order valence-corrected chi connectivity index (χ4v) is 5.97. The Bertz CT molecular complexity index is 871. The van der Waals surface area contributed by atoms with Crippen molar-refractivity contribution in [3.63, 3.8) is 0 Å². The SMILES string of the molecule is CC(=O)N1c2ccc(S(=O)(=O)N3CCCC3)cc2C[C@H]1C(=O)N1CCCC1. The molecular weight excluding hydrogens is 366 g/mol. The lowest BCUT2D eigenvalue weighted by Gasteiger charge is -2.27. The molecule has 2 amide bonds. The summed E-state index contributed by atoms with van der Waals surface area (Å²) in [5, 5.41) is 0. The van der Waals surface area contributed by atoms with Crippen molar-refractivity contribution >= 4 is 27.5 Å². The first-order chi connectivity index (χ1) is 12.9. The molecule has 1 aromatic carbocycles. The standard InChI is InChI=1S/C19H25N3O4S/c1-14(23)22-17-7-6-16(27(25,26)21-10-4-5-11-21)12-15(17)13-18(22)19(24)20-8-2-3-9-20/h6-7,12,18H,2-5,8-11,13H2,1H3/t18-/m0/s1. The number of rotatable bonds is 3. The maximum atomic E-state index is 12.9. The molecule has 3 heterocycles. The molecule has 7 nitrogen and oxygen atoms in total. The van der Waals surface area contributed by atoms with Crippen molar-refractivity contribution in [1.82, 2.24) is 9.21 Å². The smallest absolute Gasteiger partial charge is 0.246 e. The van der Waals surface area contributed by atoms with E-state index < -0.39 is 16.1 Å². The summed E-state index contributed by atoms with van der Waals surface area (Å²) in [6, 6.07) is 4.32. The lowest BCUT2D eigenvalue weighted by molar-refractivity contribution is -0.133. The average Bonchev–Trinajstić information content (AvgIpc) is 3.40. The van der Waals surface area contributed by atoms with Crippen LogP contribution in [0.4, 0.5) is 5.69 Å². The maximum absolute atomic E-state index is 12.9. The van der Waals surface area contributed by atoms with Crippen LogP contribution in [0.3, 0.4) is 0 Å². The minimum Gasteiger partial charge on any atom is -0.341 e. The molecule has 0 saturated carbocycles. The van der Waals surface area contributed by atoms with Gasteiger partial charge < -0.3 is 4.90 Å². The normalized spacial score (nSPS) is 23.1. The van der Waals surface area contributed by atoms with Crippen molar-refractivity contribution in [3.05, 3.63) is 23.8 Å². The first-order valence-electron chi connectivity index (χ1n) is 9.61. The third-order valence-corrected chi connectivity index (χ3v) is 7.67. The summed E-state index contributed by atoms with van der Waals surface area (Å²) in [7, 11) is -3.52. The highest BCUT2D eigenvalue weighted by atomic mass is 32.2. The fourth-order valence-electron chi connectivity index (χ4n) is 4.40. The lowest BCUT2D eigenvalue weighted by atomic mass is 10.1. The predicted octanol–water partition coefficient (Wildman–Crippen LogP) is 1.37. The molecule has 1 atom stereocenters. The van der Waals surface area contributed by atoms with Gasteiger partial charge in [0.15, 0.2) is 0 Å². The van der Waals surface area contributed by atoms with Gasteiger partial charge in [0.2, 0.25) is 21.8 Å². The van der Waals surface area contributed by atoms with Crippen LogP contribution in [0.1, 0.15) is 38.2 Å². The van der Waals surface area contributed by atoms with Crippen LogP contribution in [0.15, 0.2) is 23.1 Å². The molecule has 8 heteroatoms. The number of hydrogen-bond donors (Lipinski definition) is 0. The van der Waals surface area contributed by atoms with Crippen molar-refractivity contribution in [2.75, 3.05) is 31.1 Å². The molecule has 4 rings (SSSR count). The number of carbonyl (C=O) groups is 2. The molecule has 2 fully saturated rings. The van der Waals surface area contributed by atoms with Gasteiger partial charge in [-0.2, -0.15) is 4.31 Å². The Balaban J connectivity index is 1.66. The second kappa shape index (κ2) is 6.91. The summed E-state index contributed by atoms with van der Waals surface area (Å²) in [5.41, 5.74) is 1.41. The molecule has 27 heavy (non-hydrogen) atoms. The molecular formula is C19H25N3O4S. The van der Waals surface area contributed by atoms with E-state index in [0.717, 1.165) is 44.3 Å². The van der Waals surface area contributed by atoms with E-state index in [2.05, 4.69) is 0 Å². The molecule has 3 aliphatic rings. The van der Waals surface area contributed by atoms with Crippen LogP contribution in [0.5, 0.6) is 0 Å². The lowest BCUT2D eigenvalue weighted by Crippen LogP contribution is -2.48. The number of anilines is 1. The molecule has 1 aromatic rings. The Kier molecular flexibility index (Phi) is 4.71. The zero-order valence-corrected chi connectivity index (χ0v) is 16.4. The summed E-state index contributed by atoms with van der Waals surface area (Å²) >= 11 is 0. The molecule has 2 saturated heterocycles. The Morgan fingerprint density at radius 3 is 2.26 bits per heavy atom. The van der Waals surface area contributed by atoms with E-state index in [1.807, 2.05) is 4.90 Å². The summed E-state index contributed by atoms with van der Waals surface area (Å²) in [6.07, 6.45) is 4.12. The highest BCUT2D eigenvalue weighted by Gasteiger charge is 2.40. The third-order valence-electron chi connectivity index (χ3n) is 5.78. The van der Waals surface area contributed by atoms with Gasteiger partial charge in [-0.05, 0) is 49.4 Å². The largest absolute Gasteiger partial charge is 0.341 e. The first-order valence-corrected chi connectivity index (χ1v) is 11.1. The second-order valence-electron chi connectivity index (χ2n) is 7.54. The van der Waals surface area contributed by atoms with Gasteiger partial charge >= 0.3 is 0 Å². The second-order valence-corrected chi connectivity index (χ2v) is 9.48. The number of carbonyl (C=O) groups excluding carboxylic acids is 2. The summed E-state index contributed by atoms with van der Waals surface area (Å²) in [5.74, 6) is -0.232. The average molecular weight is 391 g/mol. The van der Waals surface area contributed by atoms with E-state index >= 15 is 0 Å². The molecule has 0 aromatic heterocycles. The van der Waals surface area contributed by atoms with Crippen LogP contribution in [-0.4, -0.2) is 61.7 Å². The summed E-state index contributed by atoms with van der Waals surface area (Å²) in [6.45, 7) is 4.01. The van der Waals surface area contributed by atoms with E-state index in [1.54, 1.807) is 18.2 Å². The fraction of sp³-hybridized carbons (Fsp3) is 0.579. The van der Waals surface area contributed by atoms with Gasteiger partial charge in [-0.25, -0.2) is 8.42 Å². The Morgan fingerprint density at radius 1 is 1.00 bits per heavy atom. The highest BCUT2D eigenvalue weighted by Crippen LogP contribution is 2.36. The molecule has 0 radical (unpaired) electrons. The van der Waals surface area contributed by atoms with E-state index in [0.29, 0.717) is 25.2 Å². The zero-order chi connectivity index (χ0) is 19.2. The van der Waals surface area contributed by atoms with Gasteiger partial charge in [-0.1, -0.05) is 0 Å². The Hall–Kier alpha value is -1.93. The molecule has 0 unspecified atom stereocenters. The van der Waals surface area contributed by atoms with Gasteiger partial charge in [-0.3, -0.25) is 14.5 Å². The Labute approximate surface area is 160 Å². The van der Waals surface area contributed by atoms with Crippen LogP contribution in [0, 0.1) is 0 Å². The number of nitrogens with zero attached hydrogens (tertiary/aromatic N) is 3. The summed E-state index contributed by atoms with van der Waals surface area (Å²) in [4.78, 5) is 28.8. The van der Waals surface area contributed by atoms with Crippen molar-refractivity contribution in [2.24, 2.45) is 0 Å². The first kappa shape index (κ1) is 18.4. The number of benzene rings is 1. The van der Waals surface area contributed by atoms with Gasteiger partial charge in [0.05, 0.1) is 4.90 Å². The van der Waals surface area contributed by atoms with Gasteiger partial charge in [0.25, 0.3) is 0 Å². The number of hydrogen-bond acceptors (Lipinski definition) is 4. The van der Waals surface area contributed by atoms with Crippen LogP contribution in [0.25, 0.3) is 0 Å². The van der Waals surface area contributed by atoms with Gasteiger partial charge in [0.1, 0.15) is 6.04 Å². The minimum atomic E-state index is -3.52.